The SMILES string of the molecule is Cn1cnc2cc(C(=O)OC(C3CC3)C(F)(F)F)cnc21. The molecule has 8 heteroatoms. The second-order valence-corrected chi connectivity index (χ2v) is 5.13. The van der Waals surface area contributed by atoms with Crippen molar-refractivity contribution in [3.05, 3.63) is 24.2 Å². The lowest BCUT2D eigenvalue weighted by Crippen LogP contribution is -2.35. The number of esters is 1. The quantitative estimate of drug-likeness (QED) is 0.817. The lowest BCUT2D eigenvalue weighted by molar-refractivity contribution is -0.210. The van der Waals surface area contributed by atoms with E-state index in [0.717, 1.165) is 0 Å². The molecule has 0 saturated heterocycles. The molecule has 0 N–H and O–H groups in total. The van der Waals surface area contributed by atoms with Crippen LogP contribution in [0, 0.1) is 5.92 Å². The van der Waals surface area contributed by atoms with Gasteiger partial charge in [-0.2, -0.15) is 13.2 Å². The molecule has 0 radical (unpaired) electrons. The Morgan fingerprint density at radius 2 is 2.14 bits per heavy atom. The van der Waals surface area contributed by atoms with E-state index in [9.17, 15) is 18.0 Å². The third-order valence-electron chi connectivity index (χ3n) is 3.39. The minimum atomic E-state index is -4.54. The van der Waals surface area contributed by atoms with Gasteiger partial charge in [0.2, 0.25) is 0 Å². The number of aryl methyl sites for hydroxylation is 1. The molecule has 112 valence electrons. The van der Waals surface area contributed by atoms with Crippen molar-refractivity contribution >= 4 is 17.1 Å². The number of halogens is 3. The van der Waals surface area contributed by atoms with E-state index in [1.165, 1.54) is 18.6 Å². The molecule has 5 nitrogen and oxygen atoms in total. The Hall–Kier alpha value is -2.12. The van der Waals surface area contributed by atoms with Crippen molar-refractivity contribution in [2.45, 2.75) is 25.1 Å². The number of hydrogen-bond donors (Lipinski definition) is 0. The predicted octanol–water partition coefficient (Wildman–Crippen LogP) is 2.47. The van der Waals surface area contributed by atoms with Crippen LogP contribution in [0.25, 0.3) is 11.2 Å². The summed E-state index contributed by atoms with van der Waals surface area (Å²) in [6.45, 7) is 0. The second-order valence-electron chi connectivity index (χ2n) is 5.13. The molecule has 2 aromatic heterocycles. The summed E-state index contributed by atoms with van der Waals surface area (Å²) in [5, 5.41) is 0. The van der Waals surface area contributed by atoms with Crippen LogP contribution in [0.4, 0.5) is 13.2 Å². The number of rotatable bonds is 3. The summed E-state index contributed by atoms with van der Waals surface area (Å²) in [7, 11) is 1.73. The van der Waals surface area contributed by atoms with Crippen molar-refractivity contribution in [2.24, 2.45) is 13.0 Å². The van der Waals surface area contributed by atoms with Gasteiger partial charge in [0.1, 0.15) is 5.52 Å². The van der Waals surface area contributed by atoms with Crippen molar-refractivity contribution in [2.75, 3.05) is 0 Å². The van der Waals surface area contributed by atoms with E-state index in [1.54, 1.807) is 11.6 Å². The molecule has 0 aliphatic heterocycles. The maximum absolute atomic E-state index is 12.8. The van der Waals surface area contributed by atoms with Crippen molar-refractivity contribution < 1.29 is 22.7 Å². The van der Waals surface area contributed by atoms with Gasteiger partial charge in [0.05, 0.1) is 11.9 Å². The van der Waals surface area contributed by atoms with E-state index < -0.39 is 24.2 Å². The van der Waals surface area contributed by atoms with Crippen LogP contribution in [-0.4, -0.2) is 32.8 Å². The fourth-order valence-electron chi connectivity index (χ4n) is 2.14. The monoisotopic (exact) mass is 299 g/mol. The van der Waals surface area contributed by atoms with Gasteiger partial charge in [-0.05, 0) is 18.9 Å². The van der Waals surface area contributed by atoms with Gasteiger partial charge in [0.15, 0.2) is 11.8 Å². The smallest absolute Gasteiger partial charge is 0.425 e. The van der Waals surface area contributed by atoms with E-state index in [1.807, 2.05) is 0 Å². The second kappa shape index (κ2) is 4.71. The summed E-state index contributed by atoms with van der Waals surface area (Å²) in [4.78, 5) is 19.9. The molecule has 0 bridgehead atoms. The Kier molecular flexibility index (Phi) is 3.11. The Bertz CT molecular complexity index is 692. The maximum Gasteiger partial charge on any atom is 0.425 e. The summed E-state index contributed by atoms with van der Waals surface area (Å²) in [5.74, 6) is -1.65. The number of ether oxygens (including phenoxy) is 1. The first kappa shape index (κ1) is 13.8. The zero-order valence-corrected chi connectivity index (χ0v) is 11.1. The van der Waals surface area contributed by atoms with Gasteiger partial charge in [0.25, 0.3) is 0 Å². The molecule has 1 aliphatic rings. The molecule has 1 saturated carbocycles. The number of carbonyl (C=O) groups is 1. The molecule has 1 fully saturated rings. The molecule has 1 atom stereocenters. The molecule has 2 heterocycles. The lowest BCUT2D eigenvalue weighted by atomic mass is 10.2. The van der Waals surface area contributed by atoms with Gasteiger partial charge >= 0.3 is 12.1 Å². The average Bonchev–Trinajstić information content (AvgIpc) is 3.18. The third-order valence-corrected chi connectivity index (χ3v) is 3.39. The zero-order valence-electron chi connectivity index (χ0n) is 11.1. The average molecular weight is 299 g/mol. The molecule has 1 unspecified atom stereocenters. The number of hydrogen-bond acceptors (Lipinski definition) is 4. The fraction of sp³-hybridized carbons (Fsp3) is 0.462. The molecule has 3 rings (SSSR count). The predicted molar refractivity (Wildman–Crippen MR) is 66.5 cm³/mol. The fourth-order valence-corrected chi connectivity index (χ4v) is 2.14. The van der Waals surface area contributed by atoms with Crippen molar-refractivity contribution in [1.82, 2.24) is 14.5 Å². The highest BCUT2D eigenvalue weighted by atomic mass is 19.4. The summed E-state index contributed by atoms with van der Waals surface area (Å²) in [5.41, 5.74) is 0.944. The molecule has 0 amide bonds. The number of fused-ring (bicyclic) bond motifs is 1. The highest BCUT2D eigenvalue weighted by Crippen LogP contribution is 2.42. The van der Waals surface area contributed by atoms with Gasteiger partial charge in [-0.3, -0.25) is 0 Å². The van der Waals surface area contributed by atoms with Crippen LogP contribution < -0.4 is 0 Å². The summed E-state index contributed by atoms with van der Waals surface area (Å²) < 4.78 is 44.8. The first-order valence-electron chi connectivity index (χ1n) is 6.41. The minimum absolute atomic E-state index is 0.0314. The summed E-state index contributed by atoms with van der Waals surface area (Å²) >= 11 is 0. The Balaban J connectivity index is 1.82. The number of imidazole rings is 1. The molecule has 1 aliphatic carbocycles. The highest BCUT2D eigenvalue weighted by Gasteiger charge is 2.51. The topological polar surface area (TPSA) is 57.0 Å². The summed E-state index contributed by atoms with van der Waals surface area (Å²) in [6.07, 6.45) is -3.02. The molecular formula is C13H12F3N3O2. The first-order chi connectivity index (χ1) is 9.86. The first-order valence-corrected chi connectivity index (χ1v) is 6.41. The van der Waals surface area contributed by atoms with Crippen LogP contribution in [0.2, 0.25) is 0 Å². The molecule has 0 aromatic carbocycles. The lowest BCUT2D eigenvalue weighted by Gasteiger charge is -2.20. The number of alkyl halides is 3. The van der Waals surface area contributed by atoms with Gasteiger partial charge in [-0.25, -0.2) is 14.8 Å². The van der Waals surface area contributed by atoms with Gasteiger partial charge in [-0.1, -0.05) is 0 Å². The zero-order chi connectivity index (χ0) is 15.2. The third kappa shape index (κ3) is 2.70. The van der Waals surface area contributed by atoms with E-state index in [-0.39, 0.29) is 5.56 Å². The maximum atomic E-state index is 12.8. The molecular weight excluding hydrogens is 287 g/mol. The Labute approximate surface area is 117 Å². The van der Waals surface area contributed by atoms with Crippen LogP contribution >= 0.6 is 0 Å². The van der Waals surface area contributed by atoms with Gasteiger partial charge < -0.3 is 9.30 Å². The summed E-state index contributed by atoms with van der Waals surface area (Å²) in [6, 6.07) is 1.38. The largest absolute Gasteiger partial charge is 0.449 e. The van der Waals surface area contributed by atoms with Crippen LogP contribution in [0.1, 0.15) is 23.2 Å². The number of carbonyl (C=O) groups excluding carboxylic acids is 1. The van der Waals surface area contributed by atoms with Gasteiger partial charge in [-0.15, -0.1) is 0 Å². The van der Waals surface area contributed by atoms with E-state index in [0.29, 0.717) is 24.0 Å². The highest BCUT2D eigenvalue weighted by molar-refractivity contribution is 5.92. The van der Waals surface area contributed by atoms with E-state index in [2.05, 4.69) is 14.7 Å². The van der Waals surface area contributed by atoms with Crippen molar-refractivity contribution in [3.63, 3.8) is 0 Å². The Morgan fingerprint density at radius 3 is 2.76 bits per heavy atom. The number of pyridine rings is 1. The van der Waals surface area contributed by atoms with E-state index >= 15 is 0 Å². The van der Waals surface area contributed by atoms with Crippen LogP contribution in [0.15, 0.2) is 18.6 Å². The standard InChI is InChI=1S/C13H12F3N3O2/c1-19-6-18-9-4-8(5-17-11(9)19)12(20)21-10(7-2-3-7)13(14,15)16/h4-7,10H,2-3H2,1H3. The molecule has 21 heavy (non-hydrogen) atoms. The van der Waals surface area contributed by atoms with Gasteiger partial charge in [0, 0.05) is 19.2 Å². The normalized spacial score (nSPS) is 17.0. The number of nitrogens with zero attached hydrogens (tertiary/aromatic N) is 3. The van der Waals surface area contributed by atoms with Crippen molar-refractivity contribution in [3.8, 4) is 0 Å². The van der Waals surface area contributed by atoms with Crippen LogP contribution in [0.5, 0.6) is 0 Å². The molecule has 0 spiro atoms. The van der Waals surface area contributed by atoms with Crippen LogP contribution in [0.3, 0.4) is 0 Å². The Morgan fingerprint density at radius 1 is 1.43 bits per heavy atom. The molecule has 2 aromatic rings. The minimum Gasteiger partial charge on any atom is -0.449 e. The van der Waals surface area contributed by atoms with Crippen molar-refractivity contribution in [1.29, 1.82) is 0 Å². The number of aromatic nitrogens is 3. The van der Waals surface area contributed by atoms with Crippen LogP contribution in [-0.2, 0) is 11.8 Å². The van der Waals surface area contributed by atoms with E-state index in [4.69, 9.17) is 0 Å².